The summed E-state index contributed by atoms with van der Waals surface area (Å²) in [6.45, 7) is 3.16. The van der Waals surface area contributed by atoms with Crippen molar-refractivity contribution in [2.45, 2.75) is 6.18 Å². The maximum atomic E-state index is 12.3. The summed E-state index contributed by atoms with van der Waals surface area (Å²) in [7, 11) is 0. The molecule has 1 rings (SSSR count). The van der Waals surface area contributed by atoms with Gasteiger partial charge in [-0.2, -0.15) is 13.2 Å². The van der Waals surface area contributed by atoms with Gasteiger partial charge in [0.05, 0.1) is 5.56 Å². The van der Waals surface area contributed by atoms with E-state index in [4.69, 9.17) is 0 Å². The van der Waals surface area contributed by atoms with Crippen molar-refractivity contribution in [3.8, 4) is 0 Å². The second-order valence-electron chi connectivity index (χ2n) is 3.29. The highest BCUT2D eigenvalue weighted by Crippen LogP contribution is 2.29. The smallest absolute Gasteiger partial charge is 0.416 e. The molecule has 0 radical (unpaired) electrons. The highest BCUT2D eigenvalue weighted by molar-refractivity contribution is 6.40. The molecule has 0 fully saturated rings. The van der Waals surface area contributed by atoms with E-state index in [0.29, 0.717) is 0 Å². The second kappa shape index (κ2) is 5.48. The first-order valence-corrected chi connectivity index (χ1v) is 4.86. The number of hydrogen-bond donors (Lipinski definition) is 0. The van der Waals surface area contributed by atoms with Crippen molar-refractivity contribution in [2.75, 3.05) is 6.61 Å². The Labute approximate surface area is 101 Å². The van der Waals surface area contributed by atoms with Crippen LogP contribution in [-0.2, 0) is 15.7 Å². The van der Waals surface area contributed by atoms with Crippen LogP contribution < -0.4 is 0 Å². The van der Waals surface area contributed by atoms with Crippen LogP contribution in [-0.4, -0.2) is 18.4 Å². The molecule has 0 saturated carbocycles. The fraction of sp³-hybridized carbons (Fsp3) is 0.167. The summed E-state index contributed by atoms with van der Waals surface area (Å²) in [6.07, 6.45) is -3.21. The van der Waals surface area contributed by atoms with E-state index in [-0.39, 0.29) is 12.2 Å². The highest BCUT2D eigenvalue weighted by Gasteiger charge is 2.30. The number of alkyl halides is 3. The molecule has 0 saturated heterocycles. The zero-order valence-corrected chi connectivity index (χ0v) is 9.16. The molecule has 1 aromatic carbocycles. The molecule has 0 bridgehead atoms. The number of carbonyl (C=O) groups excluding carboxylic acids is 2. The monoisotopic (exact) mass is 258 g/mol. The van der Waals surface area contributed by atoms with Crippen molar-refractivity contribution >= 4 is 11.8 Å². The van der Waals surface area contributed by atoms with Crippen molar-refractivity contribution < 1.29 is 27.5 Å². The van der Waals surface area contributed by atoms with Gasteiger partial charge in [-0.05, 0) is 12.1 Å². The molecule has 0 amide bonds. The summed E-state index contributed by atoms with van der Waals surface area (Å²) in [6, 6.07) is 3.32. The van der Waals surface area contributed by atoms with Crippen LogP contribution in [0.15, 0.2) is 36.9 Å². The zero-order chi connectivity index (χ0) is 13.8. The number of esters is 1. The van der Waals surface area contributed by atoms with Crippen LogP contribution in [0.3, 0.4) is 0 Å². The highest BCUT2D eigenvalue weighted by atomic mass is 19.4. The van der Waals surface area contributed by atoms with E-state index in [2.05, 4.69) is 11.3 Å². The van der Waals surface area contributed by atoms with Gasteiger partial charge < -0.3 is 4.74 Å². The number of halogens is 3. The predicted octanol–water partition coefficient (Wildman–Crippen LogP) is 2.62. The van der Waals surface area contributed by atoms with Crippen LogP contribution in [0.4, 0.5) is 13.2 Å². The van der Waals surface area contributed by atoms with Gasteiger partial charge in [-0.1, -0.05) is 24.8 Å². The third-order valence-electron chi connectivity index (χ3n) is 1.99. The molecule has 0 atom stereocenters. The summed E-state index contributed by atoms with van der Waals surface area (Å²) >= 11 is 0. The Morgan fingerprint density at radius 2 is 1.78 bits per heavy atom. The van der Waals surface area contributed by atoms with Crippen molar-refractivity contribution in [3.05, 3.63) is 48.0 Å². The third-order valence-corrected chi connectivity index (χ3v) is 1.99. The van der Waals surface area contributed by atoms with Crippen LogP contribution in [0.5, 0.6) is 0 Å². The molecule has 0 spiro atoms. The van der Waals surface area contributed by atoms with Gasteiger partial charge in [0.25, 0.3) is 5.78 Å². The van der Waals surface area contributed by atoms with E-state index >= 15 is 0 Å². The van der Waals surface area contributed by atoms with Gasteiger partial charge in [0, 0.05) is 5.56 Å². The Kier molecular flexibility index (Phi) is 4.25. The molecule has 18 heavy (non-hydrogen) atoms. The average Bonchev–Trinajstić information content (AvgIpc) is 2.34. The molecule has 3 nitrogen and oxygen atoms in total. The fourth-order valence-corrected chi connectivity index (χ4v) is 1.13. The van der Waals surface area contributed by atoms with E-state index in [1.807, 2.05) is 0 Å². The molecule has 0 aliphatic heterocycles. The van der Waals surface area contributed by atoms with Gasteiger partial charge in [0.15, 0.2) is 0 Å². The molecule has 96 valence electrons. The van der Waals surface area contributed by atoms with E-state index < -0.39 is 23.5 Å². The lowest BCUT2D eigenvalue weighted by atomic mass is 10.1. The summed E-state index contributed by atoms with van der Waals surface area (Å²) < 4.78 is 41.3. The Balaban J connectivity index is 2.82. The second-order valence-corrected chi connectivity index (χ2v) is 3.29. The molecule has 6 heteroatoms. The number of hydrogen-bond acceptors (Lipinski definition) is 3. The zero-order valence-electron chi connectivity index (χ0n) is 9.16. The molecule has 1 aromatic rings. The number of ketones is 1. The molecule has 0 aliphatic rings. The van der Waals surface area contributed by atoms with Crippen LogP contribution in [0.25, 0.3) is 0 Å². The number of carbonyl (C=O) groups is 2. The fourth-order valence-electron chi connectivity index (χ4n) is 1.13. The van der Waals surface area contributed by atoms with Gasteiger partial charge >= 0.3 is 12.1 Å². The first-order chi connectivity index (χ1) is 8.36. The number of benzene rings is 1. The minimum absolute atomic E-state index is 0.134. The van der Waals surface area contributed by atoms with Crippen molar-refractivity contribution in [2.24, 2.45) is 0 Å². The Morgan fingerprint density at radius 1 is 1.22 bits per heavy atom. The van der Waals surface area contributed by atoms with Gasteiger partial charge in [0.2, 0.25) is 0 Å². The lowest BCUT2D eigenvalue weighted by molar-refractivity contribution is -0.137. The SMILES string of the molecule is C=CCOC(=O)C(=O)c1ccc(C(F)(F)F)cc1. The number of Topliss-reactive ketones (excluding diaryl/α,β-unsaturated/α-hetero) is 1. The third kappa shape index (κ3) is 3.44. The lowest BCUT2D eigenvalue weighted by Crippen LogP contribution is -2.18. The van der Waals surface area contributed by atoms with Gasteiger partial charge in [0.1, 0.15) is 6.61 Å². The van der Waals surface area contributed by atoms with Crippen LogP contribution in [0.1, 0.15) is 15.9 Å². The Hall–Kier alpha value is -2.11. The topological polar surface area (TPSA) is 43.4 Å². The van der Waals surface area contributed by atoms with E-state index in [1.165, 1.54) is 6.08 Å². The quantitative estimate of drug-likeness (QED) is 0.361. The molecule has 0 heterocycles. The normalized spacial score (nSPS) is 10.8. The van der Waals surface area contributed by atoms with Crippen LogP contribution in [0.2, 0.25) is 0 Å². The molecular weight excluding hydrogens is 249 g/mol. The van der Waals surface area contributed by atoms with Crippen molar-refractivity contribution in [1.82, 2.24) is 0 Å². The van der Waals surface area contributed by atoms with E-state index in [0.717, 1.165) is 24.3 Å². The van der Waals surface area contributed by atoms with Gasteiger partial charge in [-0.3, -0.25) is 4.79 Å². The lowest BCUT2D eigenvalue weighted by Gasteiger charge is -2.06. The first-order valence-electron chi connectivity index (χ1n) is 4.86. The predicted molar refractivity (Wildman–Crippen MR) is 56.9 cm³/mol. The number of ether oxygens (including phenoxy) is 1. The van der Waals surface area contributed by atoms with Gasteiger partial charge in [-0.15, -0.1) is 0 Å². The first kappa shape index (κ1) is 14.0. The Morgan fingerprint density at radius 3 is 2.22 bits per heavy atom. The van der Waals surface area contributed by atoms with Crippen molar-refractivity contribution in [1.29, 1.82) is 0 Å². The minimum atomic E-state index is -4.48. The summed E-state index contributed by atoms with van der Waals surface area (Å²) in [5, 5.41) is 0. The van der Waals surface area contributed by atoms with E-state index in [9.17, 15) is 22.8 Å². The molecule has 0 N–H and O–H groups in total. The average molecular weight is 258 g/mol. The summed E-state index contributed by atoms with van der Waals surface area (Å²) in [5.74, 6) is -2.12. The number of rotatable bonds is 4. The Bertz CT molecular complexity index is 460. The van der Waals surface area contributed by atoms with Crippen LogP contribution >= 0.6 is 0 Å². The molecule has 0 aliphatic carbocycles. The maximum absolute atomic E-state index is 12.3. The van der Waals surface area contributed by atoms with Crippen LogP contribution in [0, 0.1) is 0 Å². The summed E-state index contributed by atoms with van der Waals surface area (Å²) in [4.78, 5) is 22.6. The minimum Gasteiger partial charge on any atom is -0.455 e. The molecule has 0 unspecified atom stereocenters. The molecule has 0 aromatic heterocycles. The van der Waals surface area contributed by atoms with E-state index in [1.54, 1.807) is 0 Å². The van der Waals surface area contributed by atoms with Gasteiger partial charge in [-0.25, -0.2) is 4.79 Å². The largest absolute Gasteiger partial charge is 0.455 e. The summed E-state index contributed by atoms with van der Waals surface area (Å²) in [5.41, 5.74) is -1.05. The molecular formula is C12H9F3O3. The van der Waals surface area contributed by atoms with Crippen molar-refractivity contribution in [3.63, 3.8) is 0 Å². The maximum Gasteiger partial charge on any atom is 0.416 e. The standard InChI is InChI=1S/C12H9F3O3/c1-2-7-18-11(17)10(16)8-3-5-9(6-4-8)12(13,14)15/h2-6H,1,7H2.